The zero-order valence-electron chi connectivity index (χ0n) is 13.6. The van der Waals surface area contributed by atoms with Crippen LogP contribution in [0.4, 0.5) is 5.82 Å². The van der Waals surface area contributed by atoms with Gasteiger partial charge in [-0.3, -0.25) is 14.4 Å². The highest BCUT2D eigenvalue weighted by Crippen LogP contribution is 2.33. The van der Waals surface area contributed by atoms with Crippen molar-refractivity contribution >= 4 is 21.7 Å². The van der Waals surface area contributed by atoms with E-state index < -0.39 is 16.1 Å². The van der Waals surface area contributed by atoms with Crippen LogP contribution in [0.15, 0.2) is 12.3 Å². The molecular formula is C15H24N4O3S. The van der Waals surface area contributed by atoms with E-state index in [0.29, 0.717) is 24.7 Å². The van der Waals surface area contributed by atoms with Crippen molar-refractivity contribution in [3.05, 3.63) is 12.3 Å². The maximum absolute atomic E-state index is 12.6. The average molecular weight is 340 g/mol. The Morgan fingerprint density at radius 3 is 2.74 bits per heavy atom. The smallest absolute Gasteiger partial charge is 0.246 e. The number of carbonyl (C=O) groups is 1. The zero-order valence-corrected chi connectivity index (χ0v) is 14.4. The number of piperidine rings is 1. The van der Waals surface area contributed by atoms with E-state index in [4.69, 9.17) is 0 Å². The Balaban J connectivity index is 1.64. The number of carbonyl (C=O) groups excluding carboxylic acids is 1. The fraction of sp³-hybridized carbons (Fsp3) is 0.733. The lowest BCUT2D eigenvalue weighted by atomic mass is 9.77. The average Bonchev–Trinajstić information content (AvgIpc) is 2.85. The van der Waals surface area contributed by atoms with Crippen molar-refractivity contribution in [3.63, 3.8) is 0 Å². The second kappa shape index (κ2) is 6.24. The summed E-state index contributed by atoms with van der Waals surface area (Å²) in [7, 11) is -1.63. The molecule has 1 aliphatic heterocycles. The number of rotatable bonds is 5. The molecule has 0 radical (unpaired) electrons. The summed E-state index contributed by atoms with van der Waals surface area (Å²) in [5.41, 5.74) is 0. The van der Waals surface area contributed by atoms with Crippen LogP contribution in [0, 0.1) is 11.8 Å². The molecule has 1 atom stereocenters. The van der Waals surface area contributed by atoms with Crippen LogP contribution in [0.5, 0.6) is 0 Å². The second-order valence-corrected chi connectivity index (χ2v) is 8.67. The van der Waals surface area contributed by atoms with Crippen molar-refractivity contribution in [2.24, 2.45) is 18.9 Å². The first-order valence-electron chi connectivity index (χ1n) is 8.15. The molecule has 1 aromatic rings. The van der Waals surface area contributed by atoms with Crippen molar-refractivity contribution in [2.45, 2.75) is 38.6 Å². The monoisotopic (exact) mass is 340 g/mol. The molecule has 1 aromatic heterocycles. The molecular weight excluding hydrogens is 316 g/mol. The van der Waals surface area contributed by atoms with Crippen LogP contribution in [-0.4, -0.2) is 42.4 Å². The van der Waals surface area contributed by atoms with Crippen molar-refractivity contribution in [1.82, 2.24) is 14.5 Å². The molecule has 1 saturated heterocycles. The molecule has 3 rings (SSSR count). The number of aromatic nitrogens is 2. The quantitative estimate of drug-likeness (QED) is 0.862. The predicted octanol–water partition coefficient (Wildman–Crippen LogP) is 0.881. The third-order valence-corrected chi connectivity index (χ3v) is 6.22. The van der Waals surface area contributed by atoms with Crippen LogP contribution in [0.3, 0.4) is 0 Å². The van der Waals surface area contributed by atoms with E-state index in [0.717, 1.165) is 19.3 Å². The van der Waals surface area contributed by atoms with E-state index in [1.54, 1.807) is 28.9 Å². The largest absolute Gasteiger partial charge is 0.294 e. The Bertz CT molecular complexity index is 679. The maximum atomic E-state index is 12.6. The molecule has 8 heteroatoms. The van der Waals surface area contributed by atoms with Gasteiger partial charge in [0.15, 0.2) is 5.82 Å². The summed E-state index contributed by atoms with van der Waals surface area (Å²) >= 11 is 0. The summed E-state index contributed by atoms with van der Waals surface area (Å²) in [6.45, 7) is 2.71. The number of anilines is 1. The number of sulfonamides is 1. The molecule has 1 N–H and O–H groups in total. The Kier molecular flexibility index (Phi) is 4.46. The number of hydrogen-bond acceptors (Lipinski definition) is 4. The van der Waals surface area contributed by atoms with Crippen LogP contribution >= 0.6 is 0 Å². The molecule has 1 unspecified atom stereocenters. The van der Waals surface area contributed by atoms with Gasteiger partial charge in [-0.25, -0.2) is 13.1 Å². The van der Waals surface area contributed by atoms with Crippen molar-refractivity contribution in [1.29, 1.82) is 0 Å². The SMILES string of the molecule is CC1CC(CS(=O)(=O)NC2CCCN(c3ccn(C)n3)C2=O)C1. The number of amides is 1. The molecule has 0 aromatic carbocycles. The van der Waals surface area contributed by atoms with Gasteiger partial charge in [0.05, 0.1) is 5.75 Å². The number of aryl methyl sites for hydroxylation is 1. The van der Waals surface area contributed by atoms with Crippen LogP contribution in [0.2, 0.25) is 0 Å². The summed E-state index contributed by atoms with van der Waals surface area (Å²) in [5.74, 6) is 1.35. The van der Waals surface area contributed by atoms with Crippen LogP contribution in [0.1, 0.15) is 32.6 Å². The lowest BCUT2D eigenvalue weighted by molar-refractivity contribution is -0.121. The van der Waals surface area contributed by atoms with Crippen LogP contribution in [0.25, 0.3) is 0 Å². The molecule has 7 nitrogen and oxygen atoms in total. The van der Waals surface area contributed by atoms with E-state index in [1.807, 2.05) is 0 Å². The fourth-order valence-corrected chi connectivity index (χ4v) is 5.18. The van der Waals surface area contributed by atoms with E-state index in [-0.39, 0.29) is 17.6 Å². The van der Waals surface area contributed by atoms with Crippen molar-refractivity contribution < 1.29 is 13.2 Å². The highest BCUT2D eigenvalue weighted by molar-refractivity contribution is 7.89. The molecule has 0 spiro atoms. The lowest BCUT2D eigenvalue weighted by Gasteiger charge is -2.34. The third-order valence-electron chi connectivity index (χ3n) is 4.66. The van der Waals surface area contributed by atoms with Gasteiger partial charge in [-0.2, -0.15) is 5.10 Å². The minimum Gasteiger partial charge on any atom is -0.294 e. The second-order valence-electron chi connectivity index (χ2n) is 6.87. The standard InChI is InChI=1S/C15H24N4O3S/c1-11-8-12(9-11)10-23(21,22)17-13-4-3-6-19(15(13)20)14-5-7-18(2)16-14/h5,7,11-13,17H,3-4,6,8-10H2,1-2H3. The molecule has 2 aliphatic rings. The minimum absolute atomic E-state index is 0.130. The molecule has 1 amide bonds. The third kappa shape index (κ3) is 3.74. The molecule has 1 saturated carbocycles. The van der Waals surface area contributed by atoms with Gasteiger partial charge in [0.2, 0.25) is 15.9 Å². The number of nitrogens with one attached hydrogen (secondary N) is 1. The zero-order chi connectivity index (χ0) is 16.6. The van der Waals surface area contributed by atoms with Crippen LogP contribution < -0.4 is 9.62 Å². The van der Waals surface area contributed by atoms with Gasteiger partial charge in [-0.05, 0) is 37.5 Å². The molecule has 1 aliphatic carbocycles. The molecule has 2 heterocycles. The minimum atomic E-state index is -3.42. The summed E-state index contributed by atoms with van der Waals surface area (Å²) in [5, 5.41) is 4.24. The van der Waals surface area contributed by atoms with Gasteiger partial charge in [0.1, 0.15) is 6.04 Å². The summed E-state index contributed by atoms with van der Waals surface area (Å²) < 4.78 is 28.8. The number of nitrogens with zero attached hydrogens (tertiary/aromatic N) is 3. The fourth-order valence-electron chi connectivity index (χ4n) is 3.54. The Morgan fingerprint density at radius 2 is 2.13 bits per heavy atom. The normalized spacial score (nSPS) is 28.7. The topological polar surface area (TPSA) is 84.3 Å². The van der Waals surface area contributed by atoms with Gasteiger partial charge in [-0.1, -0.05) is 6.92 Å². The van der Waals surface area contributed by atoms with Crippen LogP contribution in [-0.2, 0) is 21.9 Å². The van der Waals surface area contributed by atoms with Gasteiger partial charge in [0, 0.05) is 25.9 Å². The Morgan fingerprint density at radius 1 is 1.39 bits per heavy atom. The molecule has 0 bridgehead atoms. The predicted molar refractivity (Wildman–Crippen MR) is 87.4 cm³/mol. The van der Waals surface area contributed by atoms with E-state index >= 15 is 0 Å². The van der Waals surface area contributed by atoms with E-state index in [9.17, 15) is 13.2 Å². The maximum Gasteiger partial charge on any atom is 0.246 e. The number of hydrogen-bond donors (Lipinski definition) is 1. The highest BCUT2D eigenvalue weighted by atomic mass is 32.2. The van der Waals surface area contributed by atoms with Gasteiger partial charge < -0.3 is 0 Å². The summed E-state index contributed by atoms with van der Waals surface area (Å²) in [6.07, 6.45) is 4.99. The molecule has 23 heavy (non-hydrogen) atoms. The molecule has 128 valence electrons. The van der Waals surface area contributed by atoms with Crippen molar-refractivity contribution in [3.8, 4) is 0 Å². The van der Waals surface area contributed by atoms with Gasteiger partial charge in [-0.15, -0.1) is 0 Å². The summed E-state index contributed by atoms with van der Waals surface area (Å²) in [4.78, 5) is 14.2. The van der Waals surface area contributed by atoms with Gasteiger partial charge in [0.25, 0.3) is 0 Å². The molecule has 2 fully saturated rings. The van der Waals surface area contributed by atoms with Crippen molar-refractivity contribution in [2.75, 3.05) is 17.2 Å². The first-order chi connectivity index (χ1) is 10.8. The van der Waals surface area contributed by atoms with Gasteiger partial charge >= 0.3 is 0 Å². The summed E-state index contributed by atoms with van der Waals surface area (Å²) in [6, 6.07) is 1.10. The first kappa shape index (κ1) is 16.4. The highest BCUT2D eigenvalue weighted by Gasteiger charge is 2.36. The first-order valence-corrected chi connectivity index (χ1v) is 9.80. The lowest BCUT2D eigenvalue weighted by Crippen LogP contribution is -2.53. The van der Waals surface area contributed by atoms with E-state index in [1.165, 1.54) is 0 Å². The van der Waals surface area contributed by atoms with E-state index in [2.05, 4.69) is 16.7 Å². The Labute approximate surface area is 137 Å². The Hall–Kier alpha value is -1.41.